The van der Waals surface area contributed by atoms with Crippen LogP contribution in [0.15, 0.2) is 0 Å². The van der Waals surface area contributed by atoms with Crippen molar-refractivity contribution < 1.29 is 14.3 Å². The Morgan fingerprint density at radius 1 is 1.29 bits per heavy atom. The summed E-state index contributed by atoms with van der Waals surface area (Å²) in [5.41, 5.74) is 0. The van der Waals surface area contributed by atoms with Gasteiger partial charge in [0.05, 0.1) is 13.2 Å². The van der Waals surface area contributed by atoms with E-state index in [0.717, 1.165) is 31.3 Å². The number of hydrogen-bond donors (Lipinski definition) is 1. The van der Waals surface area contributed by atoms with Gasteiger partial charge in [-0.1, -0.05) is 13.3 Å². The lowest BCUT2D eigenvalue weighted by Gasteiger charge is -2.26. The summed E-state index contributed by atoms with van der Waals surface area (Å²) in [5, 5.41) is 3.08. The Morgan fingerprint density at radius 2 is 1.90 bits per heavy atom. The number of hydrogen-bond acceptors (Lipinski definition) is 3. The van der Waals surface area contributed by atoms with Gasteiger partial charge in [-0.25, -0.2) is 4.79 Å². The number of amides is 2. The van der Waals surface area contributed by atoms with E-state index in [0.29, 0.717) is 25.7 Å². The van der Waals surface area contributed by atoms with Crippen molar-refractivity contribution in [2.45, 2.75) is 45.3 Å². The first kappa shape index (κ1) is 15.1. The molecule has 2 heterocycles. The molecule has 0 aromatic rings. The number of nitrogens with zero attached hydrogens (tertiary/aromatic N) is 1. The van der Waals surface area contributed by atoms with E-state index in [1.165, 1.54) is 19.3 Å². The molecule has 1 saturated carbocycles. The molecular formula is C16H28N2O3. The zero-order chi connectivity index (χ0) is 14.9. The maximum absolute atomic E-state index is 12.3. The standard InChI is InChI=1S/C16H28N2O3/c1-12(8-16(2)20-6-7-21-16)9-17-15(19)18-10-13-4-3-5-14(13)11-18/h12-14H,3-11H2,1-2H3,(H,17,19). The molecule has 0 aromatic heterocycles. The first-order chi connectivity index (χ1) is 10.1. The van der Waals surface area contributed by atoms with Gasteiger partial charge in [0.25, 0.3) is 0 Å². The van der Waals surface area contributed by atoms with Crippen molar-refractivity contribution in [3.8, 4) is 0 Å². The fourth-order valence-electron chi connectivity index (χ4n) is 4.15. The molecule has 2 amide bonds. The van der Waals surface area contributed by atoms with E-state index in [-0.39, 0.29) is 6.03 Å². The monoisotopic (exact) mass is 296 g/mol. The van der Waals surface area contributed by atoms with Gasteiger partial charge in [-0.05, 0) is 37.5 Å². The zero-order valence-corrected chi connectivity index (χ0v) is 13.3. The lowest BCUT2D eigenvalue weighted by atomic mass is 10.0. The number of carbonyl (C=O) groups is 1. The minimum absolute atomic E-state index is 0.106. The van der Waals surface area contributed by atoms with Crippen LogP contribution in [0.4, 0.5) is 4.79 Å². The molecular weight excluding hydrogens is 268 g/mol. The van der Waals surface area contributed by atoms with Gasteiger partial charge in [0, 0.05) is 26.1 Å². The van der Waals surface area contributed by atoms with E-state index in [2.05, 4.69) is 12.2 Å². The average molecular weight is 296 g/mol. The maximum Gasteiger partial charge on any atom is 0.317 e. The van der Waals surface area contributed by atoms with Crippen LogP contribution < -0.4 is 5.32 Å². The van der Waals surface area contributed by atoms with Crippen LogP contribution in [0.25, 0.3) is 0 Å². The molecule has 3 aliphatic rings. The maximum atomic E-state index is 12.3. The lowest BCUT2D eigenvalue weighted by Crippen LogP contribution is -2.41. The van der Waals surface area contributed by atoms with E-state index in [1.54, 1.807) is 0 Å². The highest BCUT2D eigenvalue weighted by atomic mass is 16.7. The Morgan fingerprint density at radius 3 is 2.52 bits per heavy atom. The fourth-order valence-corrected chi connectivity index (χ4v) is 4.15. The van der Waals surface area contributed by atoms with Crippen LogP contribution in [0, 0.1) is 17.8 Å². The Balaban J connectivity index is 1.39. The van der Waals surface area contributed by atoms with E-state index in [1.807, 2.05) is 11.8 Å². The summed E-state index contributed by atoms with van der Waals surface area (Å²) in [5.74, 6) is 1.40. The molecule has 2 saturated heterocycles. The number of rotatable bonds is 4. The summed E-state index contributed by atoms with van der Waals surface area (Å²) in [6.07, 6.45) is 4.77. The largest absolute Gasteiger partial charge is 0.348 e. The third-order valence-corrected chi connectivity index (χ3v) is 5.23. The Labute approximate surface area is 127 Å². The topological polar surface area (TPSA) is 50.8 Å². The molecule has 0 bridgehead atoms. The molecule has 3 atom stereocenters. The van der Waals surface area contributed by atoms with Gasteiger partial charge in [0.15, 0.2) is 5.79 Å². The van der Waals surface area contributed by atoms with Crippen molar-refractivity contribution in [3.63, 3.8) is 0 Å². The molecule has 3 rings (SSSR count). The molecule has 5 heteroatoms. The fraction of sp³-hybridized carbons (Fsp3) is 0.938. The number of urea groups is 1. The second kappa shape index (κ2) is 6.13. The molecule has 3 unspecified atom stereocenters. The number of nitrogens with one attached hydrogen (secondary N) is 1. The van der Waals surface area contributed by atoms with Crippen LogP contribution in [-0.4, -0.2) is 49.6 Å². The predicted octanol–water partition coefficient (Wildman–Crippen LogP) is 2.22. The van der Waals surface area contributed by atoms with Crippen molar-refractivity contribution in [2.75, 3.05) is 32.8 Å². The van der Waals surface area contributed by atoms with Crippen molar-refractivity contribution in [2.24, 2.45) is 17.8 Å². The van der Waals surface area contributed by atoms with Crippen LogP contribution in [0.2, 0.25) is 0 Å². The van der Waals surface area contributed by atoms with E-state index in [9.17, 15) is 4.79 Å². The summed E-state index contributed by atoms with van der Waals surface area (Å²) < 4.78 is 11.2. The highest BCUT2D eigenvalue weighted by Gasteiger charge is 2.38. The highest BCUT2D eigenvalue weighted by molar-refractivity contribution is 5.74. The van der Waals surface area contributed by atoms with Crippen molar-refractivity contribution in [1.82, 2.24) is 10.2 Å². The van der Waals surface area contributed by atoms with Crippen molar-refractivity contribution in [1.29, 1.82) is 0 Å². The van der Waals surface area contributed by atoms with Crippen LogP contribution in [-0.2, 0) is 9.47 Å². The minimum Gasteiger partial charge on any atom is -0.348 e. The lowest BCUT2D eigenvalue weighted by molar-refractivity contribution is -0.153. The van der Waals surface area contributed by atoms with Gasteiger partial charge < -0.3 is 19.7 Å². The van der Waals surface area contributed by atoms with Crippen LogP contribution >= 0.6 is 0 Å². The van der Waals surface area contributed by atoms with E-state index < -0.39 is 5.79 Å². The number of fused-ring (bicyclic) bond motifs is 1. The van der Waals surface area contributed by atoms with E-state index in [4.69, 9.17) is 9.47 Å². The van der Waals surface area contributed by atoms with Crippen LogP contribution in [0.5, 0.6) is 0 Å². The molecule has 1 aliphatic carbocycles. The highest BCUT2D eigenvalue weighted by Crippen LogP contribution is 2.37. The molecule has 0 spiro atoms. The molecule has 21 heavy (non-hydrogen) atoms. The first-order valence-electron chi connectivity index (χ1n) is 8.36. The molecule has 5 nitrogen and oxygen atoms in total. The van der Waals surface area contributed by atoms with E-state index >= 15 is 0 Å². The SMILES string of the molecule is CC(CNC(=O)N1CC2CCCC2C1)CC1(C)OCCO1. The molecule has 0 aromatic carbocycles. The van der Waals surface area contributed by atoms with Gasteiger partial charge in [0.2, 0.25) is 0 Å². The molecule has 3 fully saturated rings. The Bertz CT molecular complexity index is 370. The average Bonchev–Trinajstić information content (AvgIpc) is 3.11. The van der Waals surface area contributed by atoms with Gasteiger partial charge in [-0.2, -0.15) is 0 Å². The Kier molecular flexibility index (Phi) is 4.41. The number of likely N-dealkylation sites (tertiary alicyclic amines) is 1. The second-order valence-electron chi connectivity index (χ2n) is 7.18. The normalized spacial score (nSPS) is 32.2. The van der Waals surface area contributed by atoms with Gasteiger partial charge in [-0.15, -0.1) is 0 Å². The molecule has 0 radical (unpaired) electrons. The zero-order valence-electron chi connectivity index (χ0n) is 13.3. The third kappa shape index (κ3) is 3.51. The van der Waals surface area contributed by atoms with Crippen molar-refractivity contribution >= 4 is 6.03 Å². The summed E-state index contributed by atoms with van der Waals surface area (Å²) >= 11 is 0. The number of carbonyl (C=O) groups excluding carboxylic acids is 1. The second-order valence-corrected chi connectivity index (χ2v) is 7.18. The summed E-state index contributed by atoms with van der Waals surface area (Å²) in [4.78, 5) is 14.3. The summed E-state index contributed by atoms with van der Waals surface area (Å²) in [6.45, 7) is 8.06. The minimum atomic E-state index is -0.463. The number of ether oxygens (including phenoxy) is 2. The quantitative estimate of drug-likeness (QED) is 0.865. The molecule has 1 N–H and O–H groups in total. The summed E-state index contributed by atoms with van der Waals surface area (Å²) in [7, 11) is 0. The predicted molar refractivity (Wildman–Crippen MR) is 79.9 cm³/mol. The van der Waals surface area contributed by atoms with Crippen LogP contribution in [0.1, 0.15) is 39.5 Å². The third-order valence-electron chi connectivity index (χ3n) is 5.23. The summed E-state index contributed by atoms with van der Waals surface area (Å²) in [6, 6.07) is 0.106. The first-order valence-corrected chi connectivity index (χ1v) is 8.36. The Hall–Kier alpha value is -0.810. The smallest absolute Gasteiger partial charge is 0.317 e. The van der Waals surface area contributed by atoms with Crippen molar-refractivity contribution in [3.05, 3.63) is 0 Å². The van der Waals surface area contributed by atoms with Gasteiger partial charge >= 0.3 is 6.03 Å². The molecule has 2 aliphatic heterocycles. The van der Waals surface area contributed by atoms with Gasteiger partial charge in [-0.3, -0.25) is 0 Å². The van der Waals surface area contributed by atoms with Gasteiger partial charge in [0.1, 0.15) is 0 Å². The van der Waals surface area contributed by atoms with Crippen LogP contribution in [0.3, 0.4) is 0 Å². The molecule has 120 valence electrons.